The van der Waals surface area contributed by atoms with Crippen LogP contribution in [0.5, 0.6) is 0 Å². The van der Waals surface area contributed by atoms with Crippen LogP contribution < -0.4 is 5.32 Å². The Kier molecular flexibility index (Phi) is 6.33. The van der Waals surface area contributed by atoms with Gasteiger partial charge in [-0.05, 0) is 50.8 Å². The molecule has 1 unspecified atom stereocenters. The highest BCUT2D eigenvalue weighted by Crippen LogP contribution is 2.30. The molecule has 0 aliphatic carbocycles. The third-order valence-corrected chi connectivity index (χ3v) is 4.55. The van der Waals surface area contributed by atoms with Crippen LogP contribution in [0.25, 0.3) is 0 Å². The highest BCUT2D eigenvalue weighted by atomic mass is 35.5. The van der Waals surface area contributed by atoms with Gasteiger partial charge in [-0.2, -0.15) is 0 Å². The zero-order chi connectivity index (χ0) is 18.8. The molecule has 1 saturated heterocycles. The van der Waals surface area contributed by atoms with Crippen LogP contribution in [0.1, 0.15) is 52.6 Å². The summed E-state index contributed by atoms with van der Waals surface area (Å²) < 4.78 is 18.8. The molecule has 0 radical (unpaired) electrons. The molecule has 25 heavy (non-hydrogen) atoms. The Balaban J connectivity index is 2.03. The lowest BCUT2D eigenvalue weighted by atomic mass is 9.95. The van der Waals surface area contributed by atoms with E-state index in [-0.39, 0.29) is 29.9 Å². The largest absolute Gasteiger partial charge is 0.444 e. The summed E-state index contributed by atoms with van der Waals surface area (Å²) in [7, 11) is 0. The van der Waals surface area contributed by atoms with Crippen molar-refractivity contribution in [2.24, 2.45) is 5.92 Å². The number of hydrogen-bond donors (Lipinski definition) is 1. The summed E-state index contributed by atoms with van der Waals surface area (Å²) in [6, 6.07) is 4.66. The normalized spacial score (nSPS) is 19.4. The van der Waals surface area contributed by atoms with E-state index in [1.165, 1.54) is 12.1 Å². The zero-order valence-corrected chi connectivity index (χ0v) is 16.4. The van der Waals surface area contributed by atoms with Crippen LogP contribution in [0.2, 0.25) is 5.02 Å². The van der Waals surface area contributed by atoms with Crippen LogP contribution in [0.4, 0.5) is 9.18 Å². The molecule has 1 N–H and O–H groups in total. The maximum absolute atomic E-state index is 13.3. The third-order valence-electron chi connectivity index (χ3n) is 4.22. The van der Waals surface area contributed by atoms with E-state index in [1.54, 1.807) is 11.0 Å². The summed E-state index contributed by atoms with van der Waals surface area (Å²) in [5.74, 6) is -0.0632. The molecule has 0 spiro atoms. The van der Waals surface area contributed by atoms with Crippen LogP contribution >= 0.6 is 11.6 Å². The molecule has 1 aliphatic rings. The van der Waals surface area contributed by atoms with Gasteiger partial charge >= 0.3 is 6.09 Å². The highest BCUT2D eigenvalue weighted by molar-refractivity contribution is 6.31. The number of likely N-dealkylation sites (tertiary alicyclic amines) is 1. The second-order valence-electron chi connectivity index (χ2n) is 7.97. The molecular weight excluding hydrogens is 343 g/mol. The molecule has 0 saturated carbocycles. The minimum Gasteiger partial charge on any atom is -0.444 e. The van der Waals surface area contributed by atoms with Crippen molar-refractivity contribution in [1.82, 2.24) is 10.2 Å². The second kappa shape index (κ2) is 7.92. The molecule has 1 fully saturated rings. The Morgan fingerprint density at radius 1 is 1.40 bits per heavy atom. The molecule has 140 valence electrons. The summed E-state index contributed by atoms with van der Waals surface area (Å²) in [5.41, 5.74) is 0.388. The number of halogens is 2. The van der Waals surface area contributed by atoms with E-state index in [1.807, 2.05) is 20.8 Å². The number of nitrogens with one attached hydrogen (secondary N) is 1. The Morgan fingerprint density at radius 2 is 2.08 bits per heavy atom. The SMILES string of the molecule is CC(C)C(N[C@H]1CCN(C(=O)OC(C)(C)C)C1)c1ccc(F)cc1Cl. The van der Waals surface area contributed by atoms with Crippen molar-refractivity contribution in [3.63, 3.8) is 0 Å². The van der Waals surface area contributed by atoms with Crippen LogP contribution in [0, 0.1) is 11.7 Å². The molecule has 0 aromatic heterocycles. The van der Waals surface area contributed by atoms with E-state index in [2.05, 4.69) is 19.2 Å². The summed E-state index contributed by atoms with van der Waals surface area (Å²) in [4.78, 5) is 13.9. The van der Waals surface area contributed by atoms with Crippen molar-refractivity contribution in [3.05, 3.63) is 34.6 Å². The number of ether oxygens (including phenoxy) is 1. The Bertz CT molecular complexity index is 616. The van der Waals surface area contributed by atoms with Gasteiger partial charge in [0.05, 0.1) is 0 Å². The summed E-state index contributed by atoms with van der Waals surface area (Å²) in [6.45, 7) is 11.0. The van der Waals surface area contributed by atoms with Crippen LogP contribution in [-0.4, -0.2) is 35.7 Å². The monoisotopic (exact) mass is 370 g/mol. The number of rotatable bonds is 4. The van der Waals surface area contributed by atoms with Crippen molar-refractivity contribution in [2.45, 2.75) is 58.7 Å². The standard InChI is InChI=1S/C19H28ClFN2O2/c1-12(2)17(15-7-6-13(21)10-16(15)20)22-14-8-9-23(11-14)18(24)25-19(3,4)5/h6-7,10,12,14,17,22H,8-9,11H2,1-5H3/t14-,17?/m0/s1. The first-order valence-corrected chi connectivity index (χ1v) is 9.13. The minimum atomic E-state index is -0.495. The van der Waals surface area contributed by atoms with Gasteiger partial charge in [-0.15, -0.1) is 0 Å². The van der Waals surface area contributed by atoms with Crippen molar-refractivity contribution in [2.75, 3.05) is 13.1 Å². The van der Waals surface area contributed by atoms with E-state index in [4.69, 9.17) is 16.3 Å². The van der Waals surface area contributed by atoms with E-state index in [0.29, 0.717) is 18.1 Å². The molecule has 2 atom stereocenters. The van der Waals surface area contributed by atoms with Gasteiger partial charge in [0, 0.05) is 30.2 Å². The fraction of sp³-hybridized carbons (Fsp3) is 0.632. The fourth-order valence-electron chi connectivity index (χ4n) is 3.04. The summed E-state index contributed by atoms with van der Waals surface area (Å²) in [5, 5.41) is 4.01. The van der Waals surface area contributed by atoms with Crippen molar-refractivity contribution in [3.8, 4) is 0 Å². The van der Waals surface area contributed by atoms with Crippen LogP contribution in [0.15, 0.2) is 18.2 Å². The number of carbonyl (C=O) groups excluding carboxylic acids is 1. The third kappa shape index (κ3) is 5.58. The maximum Gasteiger partial charge on any atom is 0.410 e. The molecular formula is C19H28ClFN2O2. The molecule has 2 rings (SSSR count). The number of carbonyl (C=O) groups is 1. The lowest BCUT2D eigenvalue weighted by Crippen LogP contribution is -2.40. The quantitative estimate of drug-likeness (QED) is 0.829. The fourth-order valence-corrected chi connectivity index (χ4v) is 3.32. The molecule has 1 aromatic rings. The van der Waals surface area contributed by atoms with Gasteiger partial charge < -0.3 is 15.0 Å². The molecule has 1 aliphatic heterocycles. The molecule has 6 heteroatoms. The van der Waals surface area contributed by atoms with Gasteiger partial charge in [0.15, 0.2) is 0 Å². The predicted molar refractivity (Wildman–Crippen MR) is 98.3 cm³/mol. The molecule has 1 aromatic carbocycles. The Labute approximate surface area is 154 Å². The highest BCUT2D eigenvalue weighted by Gasteiger charge is 2.32. The molecule has 0 bridgehead atoms. The van der Waals surface area contributed by atoms with Gasteiger partial charge in [-0.1, -0.05) is 31.5 Å². The topological polar surface area (TPSA) is 41.6 Å². The van der Waals surface area contributed by atoms with Gasteiger partial charge in [0.1, 0.15) is 11.4 Å². The van der Waals surface area contributed by atoms with Crippen LogP contribution in [0.3, 0.4) is 0 Å². The average Bonchev–Trinajstić information content (AvgIpc) is 2.92. The average molecular weight is 371 g/mol. The lowest BCUT2D eigenvalue weighted by Gasteiger charge is -2.28. The first-order chi connectivity index (χ1) is 11.6. The van der Waals surface area contributed by atoms with E-state index in [0.717, 1.165) is 12.0 Å². The first kappa shape index (κ1) is 20.0. The molecule has 1 heterocycles. The number of nitrogens with zero attached hydrogens (tertiary/aromatic N) is 1. The first-order valence-electron chi connectivity index (χ1n) is 8.75. The van der Waals surface area contributed by atoms with E-state index >= 15 is 0 Å². The van der Waals surface area contributed by atoms with E-state index < -0.39 is 5.60 Å². The Morgan fingerprint density at radius 3 is 2.64 bits per heavy atom. The van der Waals surface area contributed by atoms with Gasteiger partial charge in [-0.3, -0.25) is 0 Å². The number of hydrogen-bond acceptors (Lipinski definition) is 3. The van der Waals surface area contributed by atoms with Crippen LogP contribution in [-0.2, 0) is 4.74 Å². The summed E-state index contributed by atoms with van der Waals surface area (Å²) in [6.07, 6.45) is 0.569. The van der Waals surface area contributed by atoms with E-state index in [9.17, 15) is 9.18 Å². The van der Waals surface area contributed by atoms with Gasteiger partial charge in [0.25, 0.3) is 0 Å². The second-order valence-corrected chi connectivity index (χ2v) is 8.37. The predicted octanol–water partition coefficient (Wildman–Crippen LogP) is 4.78. The maximum atomic E-state index is 13.3. The van der Waals surface area contributed by atoms with Crippen molar-refractivity contribution in [1.29, 1.82) is 0 Å². The lowest BCUT2D eigenvalue weighted by molar-refractivity contribution is 0.0290. The van der Waals surface area contributed by atoms with Crippen molar-refractivity contribution >= 4 is 17.7 Å². The molecule has 1 amide bonds. The smallest absolute Gasteiger partial charge is 0.410 e. The summed E-state index contributed by atoms with van der Waals surface area (Å²) >= 11 is 6.24. The van der Waals surface area contributed by atoms with Crippen molar-refractivity contribution < 1.29 is 13.9 Å². The minimum absolute atomic E-state index is 0.00307. The number of benzene rings is 1. The van der Waals surface area contributed by atoms with Gasteiger partial charge in [-0.25, -0.2) is 9.18 Å². The number of amides is 1. The Hall–Kier alpha value is -1.33. The molecule has 4 nitrogen and oxygen atoms in total. The zero-order valence-electron chi connectivity index (χ0n) is 15.6. The van der Waals surface area contributed by atoms with Gasteiger partial charge in [0.2, 0.25) is 0 Å².